The fourth-order valence-electron chi connectivity index (χ4n) is 1.22. The second kappa shape index (κ2) is 5.07. The molecule has 2 aromatic rings. The van der Waals surface area contributed by atoms with Gasteiger partial charge in [-0.15, -0.1) is 11.3 Å². The number of aryl methyl sites for hydroxylation is 1. The summed E-state index contributed by atoms with van der Waals surface area (Å²) >= 11 is 8.67. The van der Waals surface area contributed by atoms with E-state index in [1.807, 2.05) is 13.1 Å². The topological polar surface area (TPSA) is 50.7 Å². The molecule has 0 bridgehead atoms. The van der Waals surface area contributed by atoms with Crippen molar-refractivity contribution in [3.8, 4) is 0 Å². The number of hydrogen-bond donors (Lipinski definition) is 1. The van der Waals surface area contributed by atoms with Crippen molar-refractivity contribution in [2.45, 2.75) is 26.3 Å². The molecule has 4 nitrogen and oxygen atoms in total. The molecule has 7 heteroatoms. The van der Waals surface area contributed by atoms with Gasteiger partial charge in [0, 0.05) is 11.1 Å². The molecule has 1 N–H and O–H groups in total. The number of hydrogen-bond acceptors (Lipinski definition) is 6. The van der Waals surface area contributed by atoms with Gasteiger partial charge in [-0.3, -0.25) is 0 Å². The van der Waals surface area contributed by atoms with Crippen LogP contribution in [0.2, 0.25) is 5.15 Å². The second-order valence-corrected chi connectivity index (χ2v) is 5.32. The van der Waals surface area contributed by atoms with Crippen LogP contribution in [0.3, 0.4) is 0 Å². The Hall–Kier alpha value is -0.720. The molecule has 1 atom stereocenters. The van der Waals surface area contributed by atoms with E-state index >= 15 is 0 Å². The van der Waals surface area contributed by atoms with Crippen LogP contribution in [-0.2, 0) is 6.42 Å². The standard InChI is InChI=1S/C9H11ClN4S2/c1-3-6-4-11-9(15-6)5(2)12-8-7(10)13-16-14-8/h4-5H,3H2,1-2H3,(H,12,14). The summed E-state index contributed by atoms with van der Waals surface area (Å²) in [6.07, 6.45) is 2.93. The lowest BCUT2D eigenvalue weighted by Crippen LogP contribution is -2.06. The lowest BCUT2D eigenvalue weighted by molar-refractivity contribution is 0.864. The van der Waals surface area contributed by atoms with Crippen LogP contribution in [0.1, 0.15) is 29.8 Å². The highest BCUT2D eigenvalue weighted by atomic mass is 35.5. The number of anilines is 1. The Bertz CT molecular complexity index is 468. The molecular formula is C9H11ClN4S2. The molecule has 2 rings (SSSR count). The van der Waals surface area contributed by atoms with Crippen LogP contribution < -0.4 is 5.32 Å². The van der Waals surface area contributed by atoms with Crippen LogP contribution in [0, 0.1) is 0 Å². The Morgan fingerprint density at radius 1 is 1.50 bits per heavy atom. The molecule has 16 heavy (non-hydrogen) atoms. The molecule has 0 fully saturated rings. The predicted octanol–water partition coefficient (Wildman–Crippen LogP) is 3.38. The Kier molecular flexibility index (Phi) is 3.73. The fourth-order valence-corrected chi connectivity index (χ4v) is 2.74. The number of halogens is 1. The highest BCUT2D eigenvalue weighted by molar-refractivity contribution is 7.11. The predicted molar refractivity (Wildman–Crippen MR) is 68.4 cm³/mol. The first-order valence-corrected chi connectivity index (χ1v) is 6.82. The van der Waals surface area contributed by atoms with E-state index in [2.05, 4.69) is 26.0 Å². The first-order chi connectivity index (χ1) is 7.70. The van der Waals surface area contributed by atoms with Crippen molar-refractivity contribution in [2.24, 2.45) is 0 Å². The molecule has 0 saturated heterocycles. The van der Waals surface area contributed by atoms with Gasteiger partial charge in [-0.1, -0.05) is 18.5 Å². The van der Waals surface area contributed by atoms with E-state index in [0.29, 0.717) is 11.0 Å². The van der Waals surface area contributed by atoms with Crippen LogP contribution in [-0.4, -0.2) is 13.7 Å². The number of nitrogens with zero attached hydrogens (tertiary/aromatic N) is 3. The smallest absolute Gasteiger partial charge is 0.186 e. The van der Waals surface area contributed by atoms with Crippen LogP contribution in [0.5, 0.6) is 0 Å². The lowest BCUT2D eigenvalue weighted by atomic mass is 10.3. The van der Waals surface area contributed by atoms with Crippen LogP contribution in [0.4, 0.5) is 5.82 Å². The monoisotopic (exact) mass is 274 g/mol. The number of rotatable bonds is 4. The van der Waals surface area contributed by atoms with Crippen molar-refractivity contribution in [3.05, 3.63) is 21.2 Å². The summed E-state index contributed by atoms with van der Waals surface area (Å²) in [4.78, 5) is 5.65. The Morgan fingerprint density at radius 2 is 2.31 bits per heavy atom. The Labute approximate surface area is 107 Å². The fraction of sp³-hybridized carbons (Fsp3) is 0.444. The highest BCUT2D eigenvalue weighted by Crippen LogP contribution is 2.26. The summed E-state index contributed by atoms with van der Waals surface area (Å²) < 4.78 is 7.97. The minimum absolute atomic E-state index is 0.103. The third-order valence-corrected chi connectivity index (χ3v) is 4.31. The van der Waals surface area contributed by atoms with E-state index in [0.717, 1.165) is 23.2 Å². The molecule has 0 spiro atoms. The average Bonchev–Trinajstić information content (AvgIpc) is 2.88. The Morgan fingerprint density at radius 3 is 2.88 bits per heavy atom. The molecule has 2 heterocycles. The molecule has 1 unspecified atom stereocenters. The van der Waals surface area contributed by atoms with Crippen LogP contribution in [0.15, 0.2) is 6.20 Å². The molecule has 0 aromatic carbocycles. The maximum atomic E-state index is 5.86. The van der Waals surface area contributed by atoms with E-state index in [1.54, 1.807) is 11.3 Å². The van der Waals surface area contributed by atoms with Crippen LogP contribution >= 0.6 is 34.7 Å². The number of nitrogens with one attached hydrogen (secondary N) is 1. The summed E-state index contributed by atoms with van der Waals surface area (Å²) in [5, 5.41) is 4.66. The van der Waals surface area contributed by atoms with Gasteiger partial charge in [0.2, 0.25) is 0 Å². The van der Waals surface area contributed by atoms with Crippen molar-refractivity contribution in [3.63, 3.8) is 0 Å². The average molecular weight is 275 g/mol. The zero-order valence-corrected chi connectivity index (χ0v) is 11.3. The van der Waals surface area contributed by atoms with Crippen molar-refractivity contribution < 1.29 is 0 Å². The first kappa shape index (κ1) is 11.8. The highest BCUT2D eigenvalue weighted by Gasteiger charge is 2.13. The largest absolute Gasteiger partial charge is 0.358 e. The maximum absolute atomic E-state index is 5.86. The molecule has 0 aliphatic carbocycles. The zero-order chi connectivity index (χ0) is 11.5. The molecule has 86 valence electrons. The van der Waals surface area contributed by atoms with E-state index in [9.17, 15) is 0 Å². The molecule has 0 saturated carbocycles. The van der Waals surface area contributed by atoms with Gasteiger partial charge >= 0.3 is 0 Å². The molecule has 0 aliphatic heterocycles. The van der Waals surface area contributed by atoms with Gasteiger partial charge in [0.1, 0.15) is 5.01 Å². The normalized spacial score (nSPS) is 12.7. The lowest BCUT2D eigenvalue weighted by Gasteiger charge is -2.09. The van der Waals surface area contributed by atoms with E-state index in [-0.39, 0.29) is 6.04 Å². The van der Waals surface area contributed by atoms with Crippen molar-refractivity contribution in [1.29, 1.82) is 0 Å². The molecule has 0 radical (unpaired) electrons. The summed E-state index contributed by atoms with van der Waals surface area (Å²) in [6, 6.07) is 0.103. The van der Waals surface area contributed by atoms with E-state index < -0.39 is 0 Å². The summed E-state index contributed by atoms with van der Waals surface area (Å²) in [7, 11) is 0. The quantitative estimate of drug-likeness (QED) is 0.929. The summed E-state index contributed by atoms with van der Waals surface area (Å²) in [6.45, 7) is 4.16. The van der Waals surface area contributed by atoms with Crippen molar-refractivity contribution >= 4 is 40.5 Å². The minimum atomic E-state index is 0.103. The summed E-state index contributed by atoms with van der Waals surface area (Å²) in [5.41, 5.74) is 0. The van der Waals surface area contributed by atoms with Crippen LogP contribution in [0.25, 0.3) is 0 Å². The second-order valence-electron chi connectivity index (χ2n) is 3.29. The van der Waals surface area contributed by atoms with Gasteiger partial charge in [0.15, 0.2) is 11.0 Å². The maximum Gasteiger partial charge on any atom is 0.186 e. The van der Waals surface area contributed by atoms with Crippen molar-refractivity contribution in [2.75, 3.05) is 5.32 Å². The SMILES string of the molecule is CCc1cnc(C(C)Nc2nsnc2Cl)s1. The first-order valence-electron chi connectivity index (χ1n) is 4.90. The molecule has 2 aromatic heterocycles. The molecular weight excluding hydrogens is 264 g/mol. The van der Waals surface area contributed by atoms with Gasteiger partial charge in [-0.25, -0.2) is 4.98 Å². The van der Waals surface area contributed by atoms with Gasteiger partial charge in [-0.2, -0.15) is 8.75 Å². The molecule has 0 amide bonds. The zero-order valence-electron chi connectivity index (χ0n) is 8.90. The number of thiazole rings is 1. The summed E-state index contributed by atoms with van der Waals surface area (Å²) in [5.74, 6) is 0.632. The minimum Gasteiger partial charge on any atom is -0.358 e. The van der Waals surface area contributed by atoms with Gasteiger partial charge in [0.05, 0.1) is 17.8 Å². The van der Waals surface area contributed by atoms with E-state index in [4.69, 9.17) is 11.6 Å². The Balaban J connectivity index is 2.08. The molecule has 0 aliphatic rings. The van der Waals surface area contributed by atoms with Gasteiger partial charge in [0.25, 0.3) is 0 Å². The number of aromatic nitrogens is 3. The third kappa shape index (κ3) is 2.50. The third-order valence-electron chi connectivity index (χ3n) is 2.09. The van der Waals surface area contributed by atoms with E-state index in [1.165, 1.54) is 4.88 Å². The van der Waals surface area contributed by atoms with Gasteiger partial charge in [-0.05, 0) is 13.3 Å². The van der Waals surface area contributed by atoms with Gasteiger partial charge < -0.3 is 5.32 Å². The van der Waals surface area contributed by atoms with Crippen molar-refractivity contribution in [1.82, 2.24) is 13.7 Å².